The number of hydrogen-bond donors (Lipinski definition) is 1. The zero-order chi connectivity index (χ0) is 20.8. The third-order valence-electron chi connectivity index (χ3n) is 5.48. The van der Waals surface area contributed by atoms with E-state index in [1.165, 1.54) is 30.2 Å². The zero-order valence-corrected chi connectivity index (χ0v) is 17.0. The highest BCUT2D eigenvalue weighted by molar-refractivity contribution is 5.99. The molecule has 3 rings (SSSR count). The Kier molecular flexibility index (Phi) is 6.86. The monoisotopic (exact) mass is 397 g/mol. The van der Waals surface area contributed by atoms with Crippen molar-refractivity contribution in [2.24, 2.45) is 0 Å². The quantitative estimate of drug-likeness (QED) is 0.790. The van der Waals surface area contributed by atoms with E-state index in [0.717, 1.165) is 12.8 Å². The number of nitrogens with one attached hydrogen (secondary N) is 1. The number of halogens is 1. The summed E-state index contributed by atoms with van der Waals surface area (Å²) in [5.41, 5.74) is 1.45. The molecule has 0 saturated heterocycles. The second-order valence-corrected chi connectivity index (χ2v) is 7.64. The smallest absolute Gasteiger partial charge is 0.254 e. The van der Waals surface area contributed by atoms with Gasteiger partial charge < -0.3 is 15.1 Å². The number of benzene rings is 2. The highest BCUT2D eigenvalue weighted by atomic mass is 19.1. The number of hydrogen-bond acceptors (Lipinski definition) is 3. The Bertz CT molecular complexity index is 850. The average Bonchev–Trinajstić information content (AvgIpc) is 2.74. The van der Waals surface area contributed by atoms with Crippen LogP contribution in [0.5, 0.6) is 0 Å². The Balaban J connectivity index is 1.59. The van der Waals surface area contributed by atoms with Crippen LogP contribution in [0.2, 0.25) is 0 Å². The van der Waals surface area contributed by atoms with Crippen LogP contribution >= 0.6 is 0 Å². The lowest BCUT2D eigenvalue weighted by atomic mass is 9.94. The maximum Gasteiger partial charge on any atom is 0.254 e. The van der Waals surface area contributed by atoms with Gasteiger partial charge in [0.1, 0.15) is 5.82 Å². The van der Waals surface area contributed by atoms with E-state index in [1.54, 1.807) is 43.4 Å². The first kappa shape index (κ1) is 20.8. The predicted octanol–water partition coefficient (Wildman–Crippen LogP) is 4.31. The lowest BCUT2D eigenvalue weighted by Crippen LogP contribution is -2.35. The first-order valence-corrected chi connectivity index (χ1v) is 10.1. The fraction of sp³-hybridized carbons (Fsp3) is 0.391. The lowest BCUT2D eigenvalue weighted by molar-refractivity contribution is -0.116. The number of carbonyl (C=O) groups is 2. The van der Waals surface area contributed by atoms with E-state index in [9.17, 15) is 14.0 Å². The molecule has 0 heterocycles. The zero-order valence-electron chi connectivity index (χ0n) is 17.0. The second-order valence-electron chi connectivity index (χ2n) is 7.64. The maximum atomic E-state index is 14.7. The van der Waals surface area contributed by atoms with Crippen molar-refractivity contribution in [3.05, 3.63) is 59.9 Å². The standard InChI is InChI=1S/C23H28FN3O2/c1-26(23(29)17-9-5-3-6-10-17)16-22(28)25-18-13-14-21(20(24)15-18)27(2)19-11-7-4-8-12-19/h3,5-6,9-10,13-15,19H,4,7-8,11-12,16H2,1-2H3,(H,25,28). The predicted molar refractivity (Wildman–Crippen MR) is 114 cm³/mol. The minimum absolute atomic E-state index is 0.112. The molecule has 2 aromatic carbocycles. The van der Waals surface area contributed by atoms with Gasteiger partial charge in [-0.1, -0.05) is 37.5 Å². The van der Waals surface area contributed by atoms with E-state index in [2.05, 4.69) is 5.32 Å². The molecule has 0 unspecified atom stereocenters. The number of amides is 2. The average molecular weight is 397 g/mol. The van der Waals surface area contributed by atoms with Crippen molar-refractivity contribution in [2.45, 2.75) is 38.1 Å². The lowest BCUT2D eigenvalue weighted by Gasteiger charge is -2.33. The summed E-state index contributed by atoms with van der Waals surface area (Å²) in [5, 5.41) is 2.67. The van der Waals surface area contributed by atoms with Gasteiger partial charge in [-0.2, -0.15) is 0 Å². The summed E-state index contributed by atoms with van der Waals surface area (Å²) >= 11 is 0. The molecule has 0 aromatic heterocycles. The maximum absolute atomic E-state index is 14.7. The Morgan fingerprint density at radius 1 is 1.03 bits per heavy atom. The first-order valence-electron chi connectivity index (χ1n) is 10.1. The van der Waals surface area contributed by atoms with Gasteiger partial charge in [0.15, 0.2) is 0 Å². The Morgan fingerprint density at radius 2 is 1.72 bits per heavy atom. The van der Waals surface area contributed by atoms with E-state index < -0.39 is 0 Å². The van der Waals surface area contributed by atoms with Crippen LogP contribution in [0, 0.1) is 5.82 Å². The van der Waals surface area contributed by atoms with E-state index in [-0.39, 0.29) is 24.2 Å². The van der Waals surface area contributed by atoms with Crippen LogP contribution in [0.1, 0.15) is 42.5 Å². The third kappa shape index (κ3) is 5.34. The molecule has 2 amide bonds. The topological polar surface area (TPSA) is 52.7 Å². The Hall–Kier alpha value is -2.89. The van der Waals surface area contributed by atoms with Gasteiger partial charge in [0.25, 0.3) is 5.91 Å². The van der Waals surface area contributed by atoms with Crippen LogP contribution in [0.3, 0.4) is 0 Å². The molecule has 1 aliphatic carbocycles. The van der Waals surface area contributed by atoms with Gasteiger partial charge in [-0.25, -0.2) is 4.39 Å². The van der Waals surface area contributed by atoms with Gasteiger partial charge in [-0.3, -0.25) is 9.59 Å². The van der Waals surface area contributed by atoms with Crippen LogP contribution in [-0.4, -0.2) is 43.4 Å². The molecule has 154 valence electrons. The molecule has 0 radical (unpaired) electrons. The normalized spacial score (nSPS) is 14.3. The third-order valence-corrected chi connectivity index (χ3v) is 5.48. The van der Waals surface area contributed by atoms with Gasteiger partial charge in [-0.15, -0.1) is 0 Å². The van der Waals surface area contributed by atoms with Gasteiger partial charge in [0, 0.05) is 31.4 Å². The summed E-state index contributed by atoms with van der Waals surface area (Å²) in [6.07, 6.45) is 5.77. The summed E-state index contributed by atoms with van der Waals surface area (Å²) in [6.45, 7) is -0.112. The highest BCUT2D eigenvalue weighted by Crippen LogP contribution is 2.29. The molecule has 2 aromatic rings. The molecular weight excluding hydrogens is 369 g/mol. The number of anilines is 2. The van der Waals surface area contributed by atoms with E-state index in [1.807, 2.05) is 18.0 Å². The summed E-state index contributed by atoms with van der Waals surface area (Å²) in [6, 6.07) is 13.9. The summed E-state index contributed by atoms with van der Waals surface area (Å²) in [7, 11) is 3.49. The molecule has 0 bridgehead atoms. The molecule has 1 fully saturated rings. The Morgan fingerprint density at radius 3 is 2.38 bits per heavy atom. The van der Waals surface area contributed by atoms with Crippen molar-refractivity contribution >= 4 is 23.2 Å². The fourth-order valence-corrected chi connectivity index (χ4v) is 3.82. The first-order chi connectivity index (χ1) is 14.0. The van der Waals surface area contributed by atoms with Crippen LogP contribution in [0.25, 0.3) is 0 Å². The van der Waals surface area contributed by atoms with Crippen molar-refractivity contribution in [2.75, 3.05) is 30.9 Å². The number of nitrogens with zero attached hydrogens (tertiary/aromatic N) is 2. The van der Waals surface area contributed by atoms with Crippen molar-refractivity contribution in [1.82, 2.24) is 4.90 Å². The van der Waals surface area contributed by atoms with Crippen LogP contribution in [-0.2, 0) is 4.79 Å². The SMILES string of the molecule is CN(CC(=O)Nc1ccc(N(C)C2CCCCC2)c(F)c1)C(=O)c1ccccc1. The molecule has 1 saturated carbocycles. The van der Waals surface area contributed by atoms with Crippen molar-refractivity contribution in [3.63, 3.8) is 0 Å². The molecule has 1 aliphatic rings. The van der Waals surface area contributed by atoms with Crippen molar-refractivity contribution < 1.29 is 14.0 Å². The number of carbonyl (C=O) groups excluding carboxylic acids is 2. The van der Waals surface area contributed by atoms with Crippen LogP contribution < -0.4 is 10.2 Å². The number of likely N-dealkylation sites (N-methyl/N-ethyl adjacent to an activating group) is 1. The van der Waals surface area contributed by atoms with Gasteiger partial charge >= 0.3 is 0 Å². The van der Waals surface area contributed by atoms with Gasteiger partial charge in [-0.05, 0) is 43.2 Å². The van der Waals surface area contributed by atoms with Gasteiger partial charge in [0.2, 0.25) is 5.91 Å². The molecule has 0 atom stereocenters. The molecule has 6 heteroatoms. The molecule has 1 N–H and O–H groups in total. The molecule has 5 nitrogen and oxygen atoms in total. The minimum Gasteiger partial charge on any atom is -0.369 e. The van der Waals surface area contributed by atoms with Crippen LogP contribution in [0.4, 0.5) is 15.8 Å². The molecule has 0 spiro atoms. The minimum atomic E-state index is -0.371. The van der Waals surface area contributed by atoms with Crippen molar-refractivity contribution in [1.29, 1.82) is 0 Å². The summed E-state index contributed by atoms with van der Waals surface area (Å²) in [4.78, 5) is 28.0. The van der Waals surface area contributed by atoms with E-state index >= 15 is 0 Å². The molecular formula is C23H28FN3O2. The largest absolute Gasteiger partial charge is 0.369 e. The van der Waals surface area contributed by atoms with E-state index in [0.29, 0.717) is 23.0 Å². The highest BCUT2D eigenvalue weighted by Gasteiger charge is 2.21. The summed E-state index contributed by atoms with van der Waals surface area (Å²) in [5.74, 6) is -0.967. The van der Waals surface area contributed by atoms with E-state index in [4.69, 9.17) is 0 Å². The molecule has 29 heavy (non-hydrogen) atoms. The molecule has 0 aliphatic heterocycles. The van der Waals surface area contributed by atoms with Gasteiger partial charge in [0.05, 0.1) is 12.2 Å². The van der Waals surface area contributed by atoms with Crippen molar-refractivity contribution in [3.8, 4) is 0 Å². The fourth-order valence-electron chi connectivity index (χ4n) is 3.82. The van der Waals surface area contributed by atoms with Crippen LogP contribution in [0.15, 0.2) is 48.5 Å². The second kappa shape index (κ2) is 9.54. The number of rotatable bonds is 6. The Labute approximate surface area is 171 Å². The summed E-state index contributed by atoms with van der Waals surface area (Å²) < 4.78 is 14.7.